The molecular formula is C11H15BN2O2. The molecule has 1 heterocycles. The van der Waals surface area contributed by atoms with E-state index in [1.165, 1.54) is 5.46 Å². The number of benzene rings is 1. The average Bonchev–Trinajstić information content (AvgIpc) is 2.67. The summed E-state index contributed by atoms with van der Waals surface area (Å²) in [6.07, 6.45) is 1.86. The maximum atomic E-state index is 5.43. The summed E-state index contributed by atoms with van der Waals surface area (Å²) in [6.45, 7) is 1.66. The molecule has 1 aromatic carbocycles. The molecule has 16 heavy (non-hydrogen) atoms. The van der Waals surface area contributed by atoms with Gasteiger partial charge in [0.25, 0.3) is 0 Å². The fraction of sp³-hybridized carbons (Fsp3) is 0.364. The lowest BCUT2D eigenvalue weighted by atomic mass is 9.95. The zero-order chi connectivity index (χ0) is 11.4. The summed E-state index contributed by atoms with van der Waals surface area (Å²) in [7, 11) is 3.74. The predicted molar refractivity (Wildman–Crippen MR) is 65.7 cm³/mol. The summed E-state index contributed by atoms with van der Waals surface area (Å²) < 4.78 is 12.2. The maximum absolute atomic E-state index is 5.43. The Morgan fingerprint density at radius 2 is 2.25 bits per heavy atom. The van der Waals surface area contributed by atoms with Gasteiger partial charge in [-0.3, -0.25) is 0 Å². The van der Waals surface area contributed by atoms with Crippen LogP contribution in [-0.4, -0.2) is 38.0 Å². The Kier molecular flexibility index (Phi) is 3.59. The van der Waals surface area contributed by atoms with Crippen LogP contribution in [0, 0.1) is 0 Å². The number of nitrogens with zero attached hydrogens (tertiary/aromatic N) is 2. The largest absolute Gasteiger partial charge is 0.382 e. The van der Waals surface area contributed by atoms with Crippen molar-refractivity contribution in [2.75, 3.05) is 20.3 Å². The molecule has 0 aliphatic heterocycles. The van der Waals surface area contributed by atoms with E-state index in [4.69, 9.17) is 9.47 Å². The van der Waals surface area contributed by atoms with Crippen molar-refractivity contribution < 1.29 is 9.47 Å². The molecule has 0 bridgehead atoms. The molecule has 0 fully saturated rings. The second kappa shape index (κ2) is 5.14. The highest BCUT2D eigenvalue weighted by molar-refractivity contribution is 6.33. The molecule has 0 unspecified atom stereocenters. The predicted octanol–water partition coefficient (Wildman–Crippen LogP) is -0.0848. The lowest BCUT2D eigenvalue weighted by Gasteiger charge is -2.05. The molecule has 0 radical (unpaired) electrons. The van der Waals surface area contributed by atoms with Crippen molar-refractivity contribution in [3.63, 3.8) is 0 Å². The molecule has 0 N–H and O–H groups in total. The Bertz CT molecular complexity index is 470. The lowest BCUT2D eigenvalue weighted by molar-refractivity contribution is 0.0308. The van der Waals surface area contributed by atoms with Gasteiger partial charge in [-0.15, -0.1) is 0 Å². The monoisotopic (exact) mass is 218 g/mol. The van der Waals surface area contributed by atoms with Crippen LogP contribution in [0.25, 0.3) is 10.9 Å². The van der Waals surface area contributed by atoms with Crippen molar-refractivity contribution in [2.45, 2.75) is 6.73 Å². The SMILES string of the molecule is Bc1ccc2c(cnn2COCCOC)c1. The highest BCUT2D eigenvalue weighted by Crippen LogP contribution is 2.11. The van der Waals surface area contributed by atoms with Crippen LogP contribution in [0.1, 0.15) is 0 Å². The molecule has 5 heteroatoms. The number of fused-ring (bicyclic) bond motifs is 1. The van der Waals surface area contributed by atoms with E-state index in [0.29, 0.717) is 19.9 Å². The van der Waals surface area contributed by atoms with E-state index < -0.39 is 0 Å². The third-order valence-corrected chi connectivity index (χ3v) is 2.44. The quantitative estimate of drug-likeness (QED) is 0.520. The number of aromatic nitrogens is 2. The van der Waals surface area contributed by atoms with Crippen LogP contribution in [0.5, 0.6) is 0 Å². The molecule has 1 aromatic heterocycles. The normalized spacial score (nSPS) is 11.1. The van der Waals surface area contributed by atoms with Crippen molar-refractivity contribution in [2.24, 2.45) is 0 Å². The molecular weight excluding hydrogens is 203 g/mol. The first-order valence-electron chi connectivity index (χ1n) is 5.30. The molecule has 0 amide bonds. The minimum absolute atomic E-state index is 0.468. The van der Waals surface area contributed by atoms with Crippen LogP contribution in [0.3, 0.4) is 0 Å². The number of rotatable bonds is 5. The summed E-state index contributed by atoms with van der Waals surface area (Å²) >= 11 is 0. The fourth-order valence-corrected chi connectivity index (χ4v) is 1.60. The maximum Gasteiger partial charge on any atom is 0.140 e. The van der Waals surface area contributed by atoms with Gasteiger partial charge in [0, 0.05) is 12.5 Å². The molecule has 84 valence electrons. The Balaban J connectivity index is 2.07. The van der Waals surface area contributed by atoms with E-state index in [9.17, 15) is 0 Å². The van der Waals surface area contributed by atoms with Crippen LogP contribution in [-0.2, 0) is 16.2 Å². The standard InChI is InChI=1S/C11H15BN2O2/c1-15-4-5-16-8-14-11-3-2-10(12)6-9(11)7-13-14/h2-3,6-7H,4-5,8,12H2,1H3. The van der Waals surface area contributed by atoms with Crippen LogP contribution in [0.4, 0.5) is 0 Å². The number of ether oxygens (including phenoxy) is 2. The highest BCUT2D eigenvalue weighted by atomic mass is 16.5. The van der Waals surface area contributed by atoms with Crippen LogP contribution in [0.2, 0.25) is 0 Å². The second-order valence-electron chi connectivity index (χ2n) is 3.74. The van der Waals surface area contributed by atoms with Gasteiger partial charge in [-0.2, -0.15) is 5.10 Å². The first kappa shape index (κ1) is 11.2. The zero-order valence-corrected chi connectivity index (χ0v) is 9.64. The first-order chi connectivity index (χ1) is 7.81. The van der Waals surface area contributed by atoms with Crippen molar-refractivity contribution in [3.8, 4) is 0 Å². The average molecular weight is 218 g/mol. The van der Waals surface area contributed by atoms with E-state index in [0.717, 1.165) is 10.9 Å². The molecule has 0 saturated heterocycles. The van der Waals surface area contributed by atoms with Crippen molar-refractivity contribution >= 4 is 24.2 Å². The van der Waals surface area contributed by atoms with E-state index >= 15 is 0 Å². The highest BCUT2D eigenvalue weighted by Gasteiger charge is 2.01. The van der Waals surface area contributed by atoms with Gasteiger partial charge in [-0.05, 0) is 6.07 Å². The Morgan fingerprint density at radius 1 is 1.38 bits per heavy atom. The van der Waals surface area contributed by atoms with E-state index in [2.05, 4.69) is 31.1 Å². The van der Waals surface area contributed by atoms with Gasteiger partial charge in [0.2, 0.25) is 0 Å². The molecule has 0 atom stereocenters. The number of hydrogen-bond acceptors (Lipinski definition) is 3. The summed E-state index contributed by atoms with van der Waals surface area (Å²) in [6, 6.07) is 6.26. The van der Waals surface area contributed by atoms with Gasteiger partial charge in [0.05, 0.1) is 24.9 Å². The molecule has 2 rings (SSSR count). The summed E-state index contributed by atoms with van der Waals surface area (Å²) in [5.74, 6) is 0. The molecule has 0 saturated carbocycles. The third kappa shape index (κ3) is 2.43. The van der Waals surface area contributed by atoms with Crippen molar-refractivity contribution in [1.82, 2.24) is 9.78 Å². The summed E-state index contributed by atoms with van der Waals surface area (Å²) in [4.78, 5) is 0. The van der Waals surface area contributed by atoms with Gasteiger partial charge in [0.1, 0.15) is 14.6 Å². The number of hydrogen-bond donors (Lipinski definition) is 0. The van der Waals surface area contributed by atoms with Crippen LogP contribution in [0.15, 0.2) is 24.4 Å². The van der Waals surface area contributed by atoms with E-state index in [-0.39, 0.29) is 0 Å². The fourth-order valence-electron chi connectivity index (χ4n) is 1.60. The Labute approximate surface area is 95.6 Å². The zero-order valence-electron chi connectivity index (χ0n) is 9.64. The van der Waals surface area contributed by atoms with Crippen LogP contribution >= 0.6 is 0 Å². The Morgan fingerprint density at radius 3 is 3.06 bits per heavy atom. The van der Waals surface area contributed by atoms with Gasteiger partial charge in [-0.25, -0.2) is 4.68 Å². The van der Waals surface area contributed by atoms with Crippen LogP contribution < -0.4 is 5.46 Å². The van der Waals surface area contributed by atoms with Gasteiger partial charge in [0.15, 0.2) is 0 Å². The molecule has 0 aliphatic rings. The molecule has 4 nitrogen and oxygen atoms in total. The minimum atomic E-state index is 0.468. The summed E-state index contributed by atoms with van der Waals surface area (Å²) in [5, 5.41) is 5.43. The Hall–Kier alpha value is -1.33. The minimum Gasteiger partial charge on any atom is -0.382 e. The molecule has 0 spiro atoms. The lowest BCUT2D eigenvalue weighted by Crippen LogP contribution is -2.08. The second-order valence-corrected chi connectivity index (χ2v) is 3.74. The third-order valence-electron chi connectivity index (χ3n) is 2.44. The smallest absolute Gasteiger partial charge is 0.140 e. The van der Waals surface area contributed by atoms with E-state index in [1.807, 2.05) is 10.9 Å². The van der Waals surface area contributed by atoms with Crippen molar-refractivity contribution in [1.29, 1.82) is 0 Å². The summed E-state index contributed by atoms with van der Waals surface area (Å²) in [5.41, 5.74) is 2.34. The van der Waals surface area contributed by atoms with Crippen molar-refractivity contribution in [3.05, 3.63) is 24.4 Å². The van der Waals surface area contributed by atoms with E-state index in [1.54, 1.807) is 7.11 Å². The van der Waals surface area contributed by atoms with Gasteiger partial charge < -0.3 is 9.47 Å². The molecule has 2 aromatic rings. The van der Waals surface area contributed by atoms with Gasteiger partial charge >= 0.3 is 0 Å². The number of methoxy groups -OCH3 is 1. The topological polar surface area (TPSA) is 36.3 Å². The first-order valence-corrected chi connectivity index (χ1v) is 5.30. The molecule has 0 aliphatic carbocycles. The van der Waals surface area contributed by atoms with Gasteiger partial charge in [-0.1, -0.05) is 17.6 Å².